The van der Waals surface area contributed by atoms with Gasteiger partial charge in [-0.05, 0) is 19.8 Å². The van der Waals surface area contributed by atoms with Crippen molar-refractivity contribution < 1.29 is 19.6 Å². The monoisotopic (exact) mass is 399 g/mol. The van der Waals surface area contributed by atoms with E-state index in [1.54, 1.807) is 6.92 Å². The third kappa shape index (κ3) is 13.5. The maximum Gasteiger partial charge on any atom is 0.242 e. The van der Waals surface area contributed by atoms with Crippen LogP contribution in [-0.2, 0) is 14.4 Å². The molecule has 3 amide bonds. The molecule has 2 unspecified atom stereocenters. The number of hydroxylamine groups is 2. The average Bonchev–Trinajstić information content (AvgIpc) is 2.69. The smallest absolute Gasteiger partial charge is 0.242 e. The van der Waals surface area contributed by atoms with Gasteiger partial charge in [-0.3, -0.25) is 19.6 Å². The molecule has 0 aromatic heterocycles. The van der Waals surface area contributed by atoms with Crippen molar-refractivity contribution in [1.82, 2.24) is 15.7 Å². The minimum Gasteiger partial charge on any atom is -0.354 e. The Bertz CT molecular complexity index is 432. The lowest BCUT2D eigenvalue weighted by Gasteiger charge is -2.21. The second-order valence-corrected chi connectivity index (χ2v) is 7.56. The van der Waals surface area contributed by atoms with Crippen molar-refractivity contribution in [3.05, 3.63) is 0 Å². The number of carbonyl (C=O) groups excluding carboxylic acids is 3. The van der Waals surface area contributed by atoms with Gasteiger partial charge in [0.2, 0.25) is 18.2 Å². The SMILES string of the molecule is CCCCCCCCCCNC(=O)C(C)NC(=O)C(CCCC)CN(O)C=O. The van der Waals surface area contributed by atoms with E-state index >= 15 is 0 Å². The fourth-order valence-electron chi connectivity index (χ4n) is 3.05. The molecular weight excluding hydrogens is 358 g/mol. The minimum atomic E-state index is -0.644. The van der Waals surface area contributed by atoms with Crippen molar-refractivity contribution in [3.8, 4) is 0 Å². The highest BCUT2D eigenvalue weighted by molar-refractivity contribution is 5.88. The van der Waals surface area contributed by atoms with Crippen molar-refractivity contribution in [2.75, 3.05) is 13.1 Å². The summed E-state index contributed by atoms with van der Waals surface area (Å²) >= 11 is 0. The fraction of sp³-hybridized carbons (Fsp3) is 0.857. The summed E-state index contributed by atoms with van der Waals surface area (Å²) in [6.07, 6.45) is 12.2. The zero-order chi connectivity index (χ0) is 21.2. The Labute approximate surface area is 170 Å². The van der Waals surface area contributed by atoms with Crippen LogP contribution in [-0.4, -0.2) is 47.6 Å². The fourth-order valence-corrected chi connectivity index (χ4v) is 3.05. The summed E-state index contributed by atoms with van der Waals surface area (Å²) in [5, 5.41) is 15.4. The quantitative estimate of drug-likeness (QED) is 0.142. The van der Waals surface area contributed by atoms with Crippen molar-refractivity contribution >= 4 is 18.2 Å². The summed E-state index contributed by atoms with van der Waals surface area (Å²) in [4.78, 5) is 35.2. The molecular formula is C21H41N3O4. The Kier molecular flexibility index (Phi) is 16.5. The molecule has 2 atom stereocenters. The summed E-state index contributed by atoms with van der Waals surface area (Å²) in [5.74, 6) is -1.05. The van der Waals surface area contributed by atoms with Crippen LogP contribution < -0.4 is 10.6 Å². The third-order valence-corrected chi connectivity index (χ3v) is 4.89. The first kappa shape index (κ1) is 26.4. The number of amides is 3. The first-order chi connectivity index (χ1) is 13.5. The van der Waals surface area contributed by atoms with Crippen molar-refractivity contribution in [3.63, 3.8) is 0 Å². The highest BCUT2D eigenvalue weighted by Gasteiger charge is 2.24. The minimum absolute atomic E-state index is 0.0675. The van der Waals surface area contributed by atoms with Crippen molar-refractivity contribution in [1.29, 1.82) is 0 Å². The second kappa shape index (κ2) is 17.5. The van der Waals surface area contributed by atoms with Crippen LogP contribution in [0.2, 0.25) is 0 Å². The number of hydrogen-bond acceptors (Lipinski definition) is 4. The highest BCUT2D eigenvalue weighted by atomic mass is 16.5. The summed E-state index contributed by atoms with van der Waals surface area (Å²) in [5.41, 5.74) is 0. The lowest BCUT2D eigenvalue weighted by molar-refractivity contribution is -0.155. The molecule has 0 aliphatic heterocycles. The van der Waals surface area contributed by atoms with Gasteiger partial charge in [0.1, 0.15) is 6.04 Å². The number of unbranched alkanes of at least 4 members (excludes halogenated alkanes) is 8. The van der Waals surface area contributed by atoms with Crippen LogP contribution in [0.1, 0.15) is 91.4 Å². The van der Waals surface area contributed by atoms with Crippen molar-refractivity contribution in [2.24, 2.45) is 5.92 Å². The largest absolute Gasteiger partial charge is 0.354 e. The van der Waals surface area contributed by atoms with Gasteiger partial charge in [-0.2, -0.15) is 0 Å². The number of carbonyl (C=O) groups is 3. The molecule has 3 N–H and O–H groups in total. The lowest BCUT2D eigenvalue weighted by Crippen LogP contribution is -2.48. The average molecular weight is 400 g/mol. The normalized spacial score (nSPS) is 12.9. The van der Waals surface area contributed by atoms with Crippen LogP contribution in [0.4, 0.5) is 0 Å². The predicted octanol–water partition coefficient (Wildman–Crippen LogP) is 3.40. The number of rotatable bonds is 18. The predicted molar refractivity (Wildman–Crippen MR) is 111 cm³/mol. The standard InChI is InChI=1S/C21H41N3O4/c1-4-6-8-9-10-11-12-13-15-22-20(26)18(3)23-21(27)19(14-7-5-2)16-24(28)17-25/h17-19,28H,4-16H2,1-3H3,(H,22,26)(H,23,27). The Hall–Kier alpha value is -1.63. The Morgan fingerprint density at radius 1 is 0.929 bits per heavy atom. The molecule has 0 aromatic rings. The molecule has 0 bridgehead atoms. The molecule has 0 aromatic carbocycles. The molecule has 164 valence electrons. The van der Waals surface area contributed by atoms with Gasteiger partial charge in [-0.1, -0.05) is 71.6 Å². The zero-order valence-corrected chi connectivity index (χ0v) is 18.0. The van der Waals surface area contributed by atoms with E-state index in [2.05, 4.69) is 17.6 Å². The number of nitrogens with zero attached hydrogens (tertiary/aromatic N) is 1. The molecule has 7 heteroatoms. The van der Waals surface area contributed by atoms with E-state index in [0.717, 1.165) is 25.7 Å². The Morgan fingerprint density at radius 2 is 1.50 bits per heavy atom. The Morgan fingerprint density at radius 3 is 2.07 bits per heavy atom. The van der Waals surface area contributed by atoms with E-state index in [1.165, 1.54) is 38.5 Å². The molecule has 7 nitrogen and oxygen atoms in total. The second-order valence-electron chi connectivity index (χ2n) is 7.56. The molecule has 0 aliphatic carbocycles. The summed E-state index contributed by atoms with van der Waals surface area (Å²) < 4.78 is 0. The summed E-state index contributed by atoms with van der Waals surface area (Å²) in [6, 6.07) is -0.644. The van der Waals surface area contributed by atoms with Gasteiger partial charge in [0.05, 0.1) is 12.5 Å². The van der Waals surface area contributed by atoms with Crippen LogP contribution >= 0.6 is 0 Å². The van der Waals surface area contributed by atoms with Gasteiger partial charge >= 0.3 is 0 Å². The van der Waals surface area contributed by atoms with E-state index in [0.29, 0.717) is 18.0 Å². The first-order valence-electron chi connectivity index (χ1n) is 10.9. The first-order valence-corrected chi connectivity index (χ1v) is 10.9. The van der Waals surface area contributed by atoms with Gasteiger partial charge in [-0.15, -0.1) is 0 Å². The molecule has 0 aliphatic rings. The van der Waals surface area contributed by atoms with Gasteiger partial charge in [0.25, 0.3) is 0 Å². The maximum absolute atomic E-state index is 12.4. The van der Waals surface area contributed by atoms with Crippen LogP contribution in [0.3, 0.4) is 0 Å². The van der Waals surface area contributed by atoms with E-state index in [1.807, 2.05) is 6.92 Å². The molecule has 0 saturated heterocycles. The molecule has 0 radical (unpaired) electrons. The molecule has 0 saturated carbocycles. The van der Waals surface area contributed by atoms with Gasteiger partial charge in [0.15, 0.2) is 0 Å². The molecule has 0 rings (SSSR count). The molecule has 0 spiro atoms. The van der Waals surface area contributed by atoms with E-state index < -0.39 is 12.0 Å². The van der Waals surface area contributed by atoms with Crippen LogP contribution in [0, 0.1) is 5.92 Å². The van der Waals surface area contributed by atoms with Crippen molar-refractivity contribution in [2.45, 2.75) is 97.4 Å². The van der Waals surface area contributed by atoms with Crippen LogP contribution in [0.15, 0.2) is 0 Å². The summed E-state index contributed by atoms with van der Waals surface area (Å²) in [6.45, 7) is 6.41. The van der Waals surface area contributed by atoms with Gasteiger partial charge < -0.3 is 10.6 Å². The molecule has 28 heavy (non-hydrogen) atoms. The van der Waals surface area contributed by atoms with Gasteiger partial charge in [0, 0.05) is 6.54 Å². The maximum atomic E-state index is 12.4. The van der Waals surface area contributed by atoms with Gasteiger partial charge in [-0.25, -0.2) is 5.06 Å². The number of nitrogens with one attached hydrogen (secondary N) is 2. The molecule has 0 fully saturated rings. The lowest BCUT2D eigenvalue weighted by atomic mass is 10.0. The van der Waals surface area contributed by atoms with Crippen LogP contribution in [0.5, 0.6) is 0 Å². The summed E-state index contributed by atoms with van der Waals surface area (Å²) in [7, 11) is 0. The molecule has 0 heterocycles. The highest BCUT2D eigenvalue weighted by Crippen LogP contribution is 2.11. The number of hydrogen-bond donors (Lipinski definition) is 3. The van der Waals surface area contributed by atoms with E-state index in [9.17, 15) is 19.6 Å². The van der Waals surface area contributed by atoms with Crippen LogP contribution in [0.25, 0.3) is 0 Å². The Balaban J connectivity index is 4.08. The van der Waals surface area contributed by atoms with E-state index in [4.69, 9.17) is 0 Å². The van der Waals surface area contributed by atoms with E-state index in [-0.39, 0.29) is 24.8 Å². The third-order valence-electron chi connectivity index (χ3n) is 4.89. The topological polar surface area (TPSA) is 98.7 Å². The zero-order valence-electron chi connectivity index (χ0n) is 18.0.